The Morgan fingerprint density at radius 1 is 0.842 bits per heavy atom. The van der Waals surface area contributed by atoms with Gasteiger partial charge in [-0.15, -0.1) is 0 Å². The Kier molecular flexibility index (Phi) is 8.24. The maximum Gasteiger partial charge on any atom is 0.417 e. The molecular weight excluding hydrogens is 484 g/mol. The van der Waals surface area contributed by atoms with E-state index in [1.807, 2.05) is 36.4 Å². The van der Waals surface area contributed by atoms with E-state index < -0.39 is 35.2 Å². The van der Waals surface area contributed by atoms with Gasteiger partial charge in [-0.05, 0) is 66.5 Å². The van der Waals surface area contributed by atoms with Gasteiger partial charge in [0.2, 0.25) is 0 Å². The average Bonchev–Trinajstić information content (AvgIpc) is 2.80. The van der Waals surface area contributed by atoms with Crippen LogP contribution in [0.25, 0.3) is 0 Å². The van der Waals surface area contributed by atoms with E-state index in [1.54, 1.807) is 67.8 Å². The van der Waals surface area contributed by atoms with Gasteiger partial charge in [0, 0.05) is 29.7 Å². The van der Waals surface area contributed by atoms with E-state index >= 15 is 0 Å². The molecule has 0 aromatic heterocycles. The minimum atomic E-state index is -0.858. The van der Waals surface area contributed by atoms with Gasteiger partial charge in [0.05, 0.1) is 24.2 Å². The molecule has 2 heterocycles. The quantitative estimate of drug-likeness (QED) is 0.400. The van der Waals surface area contributed by atoms with Crippen molar-refractivity contribution in [3.8, 4) is 0 Å². The lowest BCUT2D eigenvalue weighted by atomic mass is 9.73. The minimum Gasteiger partial charge on any atom is -0.457 e. The van der Waals surface area contributed by atoms with Crippen molar-refractivity contribution in [2.24, 2.45) is 5.92 Å². The van der Waals surface area contributed by atoms with Crippen molar-refractivity contribution in [3.05, 3.63) is 82.5 Å². The number of carbonyl (C=O) groups is 3. The zero-order valence-electron chi connectivity index (χ0n) is 23.7. The first-order valence-electron chi connectivity index (χ1n) is 12.6. The van der Waals surface area contributed by atoms with Crippen molar-refractivity contribution >= 4 is 18.0 Å². The molecule has 0 spiro atoms. The Balaban J connectivity index is 2.29. The Bertz CT molecular complexity index is 1180. The van der Waals surface area contributed by atoms with Crippen LogP contribution in [0, 0.1) is 5.92 Å². The smallest absolute Gasteiger partial charge is 0.417 e. The zero-order chi connectivity index (χ0) is 28.4. The molecule has 2 aliphatic heterocycles. The van der Waals surface area contributed by atoms with Crippen LogP contribution in [-0.4, -0.2) is 41.2 Å². The number of methoxy groups -OCH3 is 1. The Morgan fingerprint density at radius 2 is 1.34 bits per heavy atom. The number of benzene rings is 1. The van der Waals surface area contributed by atoms with Crippen molar-refractivity contribution in [1.29, 1.82) is 0 Å². The minimum absolute atomic E-state index is 0.277. The number of dihydropyridines is 1. The van der Waals surface area contributed by atoms with Crippen LogP contribution in [0.1, 0.15) is 66.9 Å². The normalized spacial score (nSPS) is 18.6. The summed E-state index contributed by atoms with van der Waals surface area (Å²) in [7, 11) is 1.30. The number of hydrogen-bond donors (Lipinski definition) is 1. The fourth-order valence-corrected chi connectivity index (χ4v) is 4.55. The summed E-state index contributed by atoms with van der Waals surface area (Å²) in [6, 6.07) is 9.68. The van der Waals surface area contributed by atoms with Gasteiger partial charge in [0.15, 0.2) is 0 Å². The Morgan fingerprint density at radius 3 is 1.79 bits per heavy atom. The third-order valence-corrected chi connectivity index (χ3v) is 5.96. The van der Waals surface area contributed by atoms with E-state index in [0.717, 1.165) is 5.56 Å². The van der Waals surface area contributed by atoms with Gasteiger partial charge in [0.1, 0.15) is 11.2 Å². The summed E-state index contributed by atoms with van der Waals surface area (Å²) in [6.45, 7) is 14.3. The molecule has 38 heavy (non-hydrogen) atoms. The van der Waals surface area contributed by atoms with Gasteiger partial charge in [0.25, 0.3) is 0 Å². The monoisotopic (exact) mass is 522 g/mol. The third kappa shape index (κ3) is 6.54. The van der Waals surface area contributed by atoms with Crippen LogP contribution >= 0.6 is 0 Å². The number of hydrogen-bond acceptors (Lipinski definition) is 7. The summed E-state index contributed by atoms with van der Waals surface area (Å²) in [5.41, 5.74) is 1.69. The highest BCUT2D eigenvalue weighted by Crippen LogP contribution is 2.45. The molecule has 0 radical (unpaired) electrons. The summed E-state index contributed by atoms with van der Waals surface area (Å²) < 4.78 is 16.6. The van der Waals surface area contributed by atoms with Crippen molar-refractivity contribution in [1.82, 2.24) is 10.2 Å². The lowest BCUT2D eigenvalue weighted by molar-refractivity contribution is -0.151. The number of ether oxygens (including phenoxy) is 3. The lowest BCUT2D eigenvalue weighted by Crippen LogP contribution is -2.39. The molecule has 1 aromatic carbocycles. The Labute approximate surface area is 225 Å². The maximum atomic E-state index is 13.7. The van der Waals surface area contributed by atoms with Gasteiger partial charge in [-0.1, -0.05) is 36.4 Å². The van der Waals surface area contributed by atoms with Crippen LogP contribution in [0.3, 0.4) is 0 Å². The first-order chi connectivity index (χ1) is 17.6. The van der Waals surface area contributed by atoms with Crippen LogP contribution in [0.5, 0.6) is 0 Å². The summed E-state index contributed by atoms with van der Waals surface area (Å²) in [6.07, 6.45) is 4.52. The molecule has 1 atom stereocenters. The molecule has 204 valence electrons. The fourth-order valence-electron chi connectivity index (χ4n) is 4.55. The average molecular weight is 523 g/mol. The molecule has 2 aliphatic rings. The van der Waals surface area contributed by atoms with Crippen LogP contribution in [-0.2, 0) is 23.8 Å². The number of carbonyl (C=O) groups excluding carboxylic acids is 3. The predicted octanol–water partition coefficient (Wildman–Crippen LogP) is 5.70. The number of allylic oxidation sites excluding steroid dienone is 4. The largest absolute Gasteiger partial charge is 0.457 e. The van der Waals surface area contributed by atoms with Crippen LogP contribution in [0.15, 0.2) is 76.9 Å². The van der Waals surface area contributed by atoms with Crippen molar-refractivity contribution in [2.75, 3.05) is 7.11 Å². The molecule has 0 saturated heterocycles. The number of nitrogens with one attached hydrogen (secondary N) is 1. The van der Waals surface area contributed by atoms with E-state index in [0.29, 0.717) is 17.0 Å². The van der Waals surface area contributed by atoms with E-state index in [1.165, 1.54) is 12.0 Å². The molecule has 3 rings (SSSR count). The molecule has 0 bridgehead atoms. The second-order valence-corrected chi connectivity index (χ2v) is 11.4. The van der Waals surface area contributed by atoms with Crippen molar-refractivity contribution < 1.29 is 28.6 Å². The van der Waals surface area contributed by atoms with Gasteiger partial charge >= 0.3 is 18.0 Å². The molecule has 1 N–H and O–H groups in total. The topological polar surface area (TPSA) is 94.2 Å². The maximum absolute atomic E-state index is 13.7. The molecule has 1 unspecified atom stereocenters. The molecule has 1 amide bonds. The Hall–Kier alpha value is -3.81. The zero-order valence-corrected chi connectivity index (χ0v) is 23.7. The molecule has 0 saturated carbocycles. The van der Waals surface area contributed by atoms with E-state index in [9.17, 15) is 14.4 Å². The van der Waals surface area contributed by atoms with Crippen LogP contribution < -0.4 is 5.32 Å². The predicted molar refractivity (Wildman–Crippen MR) is 144 cm³/mol. The van der Waals surface area contributed by atoms with E-state index in [2.05, 4.69) is 5.32 Å². The van der Waals surface area contributed by atoms with Crippen LogP contribution in [0.2, 0.25) is 0 Å². The van der Waals surface area contributed by atoms with Gasteiger partial charge in [-0.2, -0.15) is 0 Å². The van der Waals surface area contributed by atoms with Crippen molar-refractivity contribution in [2.45, 2.75) is 72.5 Å². The highest BCUT2D eigenvalue weighted by Gasteiger charge is 2.43. The summed E-state index contributed by atoms with van der Waals surface area (Å²) in [4.78, 5) is 41.3. The lowest BCUT2D eigenvalue weighted by Gasteiger charge is -2.37. The molecule has 1 aromatic rings. The molecule has 8 nitrogen and oxygen atoms in total. The summed E-state index contributed by atoms with van der Waals surface area (Å²) >= 11 is 0. The van der Waals surface area contributed by atoms with Gasteiger partial charge in [-0.3, -0.25) is 4.90 Å². The molecule has 8 heteroatoms. The van der Waals surface area contributed by atoms with E-state index in [4.69, 9.17) is 14.2 Å². The highest BCUT2D eigenvalue weighted by atomic mass is 16.6. The SMILES string of the molecule is COC(=O)N1C=CC(c2ccccc2)C(C2C(C(=O)OC(C)(C)C)=C(C)NC(C)=C2C(=O)OC(C)(C)C)=C1. The molecular formula is C30H38N2O6. The molecule has 0 aliphatic carbocycles. The highest BCUT2D eigenvalue weighted by molar-refractivity contribution is 5.99. The van der Waals surface area contributed by atoms with Gasteiger partial charge < -0.3 is 19.5 Å². The summed E-state index contributed by atoms with van der Waals surface area (Å²) in [5, 5.41) is 3.19. The second-order valence-electron chi connectivity index (χ2n) is 11.4. The molecule has 0 fully saturated rings. The summed E-state index contributed by atoms with van der Waals surface area (Å²) in [5.74, 6) is -2.33. The van der Waals surface area contributed by atoms with Crippen LogP contribution in [0.4, 0.5) is 4.79 Å². The fraction of sp³-hybridized carbons (Fsp3) is 0.433. The first-order valence-corrected chi connectivity index (χ1v) is 12.6. The number of esters is 2. The number of rotatable bonds is 4. The second kappa shape index (κ2) is 10.9. The third-order valence-electron chi connectivity index (χ3n) is 5.96. The number of nitrogens with zero attached hydrogens (tertiary/aromatic N) is 1. The van der Waals surface area contributed by atoms with Gasteiger partial charge in [-0.25, -0.2) is 14.4 Å². The van der Waals surface area contributed by atoms with Crippen molar-refractivity contribution in [3.63, 3.8) is 0 Å². The number of amides is 1. The standard InChI is InChI=1S/C30H38N2O6/c1-18-23(26(33)37-29(3,4)5)25(24(19(2)31-18)27(34)38-30(6,7)8)22-17-32(28(35)36-9)16-15-21(22)20-13-11-10-12-14-20/h10-17,21,25,31H,1-9H3. The van der Waals surface area contributed by atoms with E-state index in [-0.39, 0.29) is 17.1 Å². The first kappa shape index (κ1) is 28.8.